The highest BCUT2D eigenvalue weighted by atomic mass is 16.4. The standard InChI is InChI=1S/C19H22O3/c1-13(2)5-4-6-14(3)7-8-15-11-16(20)12-18-17(15)9-10-19(21)22-18/h5,7,9-12,20H,4,6,8H2,1-3H3. The maximum absolute atomic E-state index is 11.3. The largest absolute Gasteiger partial charge is 0.508 e. The van der Waals surface area contributed by atoms with E-state index in [1.807, 2.05) is 0 Å². The van der Waals surface area contributed by atoms with Crippen molar-refractivity contribution in [3.8, 4) is 5.75 Å². The quantitative estimate of drug-likeness (QED) is 0.641. The number of aromatic hydroxyl groups is 1. The molecule has 0 aliphatic rings. The first-order chi connectivity index (χ1) is 10.5. The van der Waals surface area contributed by atoms with E-state index in [0.29, 0.717) is 12.0 Å². The van der Waals surface area contributed by atoms with Crippen molar-refractivity contribution < 1.29 is 9.52 Å². The van der Waals surface area contributed by atoms with Crippen molar-refractivity contribution in [2.75, 3.05) is 0 Å². The van der Waals surface area contributed by atoms with Crippen LogP contribution in [-0.2, 0) is 6.42 Å². The Morgan fingerprint density at radius 1 is 1.18 bits per heavy atom. The molecule has 0 bridgehead atoms. The van der Waals surface area contributed by atoms with Gasteiger partial charge in [0.2, 0.25) is 0 Å². The Hall–Kier alpha value is -2.29. The summed E-state index contributed by atoms with van der Waals surface area (Å²) in [4.78, 5) is 11.3. The first-order valence-corrected chi connectivity index (χ1v) is 7.50. The minimum absolute atomic E-state index is 0.118. The van der Waals surface area contributed by atoms with E-state index in [1.165, 1.54) is 23.3 Å². The molecule has 0 saturated heterocycles. The summed E-state index contributed by atoms with van der Waals surface area (Å²) in [5.74, 6) is 0.118. The summed E-state index contributed by atoms with van der Waals surface area (Å²) in [6.45, 7) is 6.32. The fourth-order valence-corrected chi connectivity index (χ4v) is 2.38. The Morgan fingerprint density at radius 2 is 1.95 bits per heavy atom. The lowest BCUT2D eigenvalue weighted by atomic mass is 10.0. The summed E-state index contributed by atoms with van der Waals surface area (Å²) < 4.78 is 5.14. The molecule has 1 aromatic heterocycles. The normalized spacial score (nSPS) is 11.7. The molecule has 0 radical (unpaired) electrons. The van der Waals surface area contributed by atoms with Crippen molar-refractivity contribution in [1.82, 2.24) is 0 Å². The highest BCUT2D eigenvalue weighted by molar-refractivity contribution is 5.82. The molecule has 0 fully saturated rings. The van der Waals surface area contributed by atoms with Crippen molar-refractivity contribution in [2.24, 2.45) is 0 Å². The highest BCUT2D eigenvalue weighted by Crippen LogP contribution is 2.24. The zero-order valence-corrected chi connectivity index (χ0v) is 13.3. The van der Waals surface area contributed by atoms with Crippen molar-refractivity contribution in [3.05, 3.63) is 63.5 Å². The van der Waals surface area contributed by atoms with Crippen LogP contribution in [0.1, 0.15) is 39.2 Å². The fraction of sp³-hybridized carbons (Fsp3) is 0.316. The molecule has 0 spiro atoms. The van der Waals surface area contributed by atoms with Gasteiger partial charge in [-0.25, -0.2) is 4.79 Å². The van der Waals surface area contributed by atoms with Crippen LogP contribution in [0.5, 0.6) is 5.75 Å². The maximum Gasteiger partial charge on any atom is 0.336 e. The molecule has 0 aliphatic heterocycles. The third kappa shape index (κ3) is 4.35. The Morgan fingerprint density at radius 3 is 2.68 bits per heavy atom. The zero-order valence-electron chi connectivity index (χ0n) is 13.3. The maximum atomic E-state index is 11.3. The number of rotatable bonds is 5. The molecule has 1 N–H and O–H groups in total. The first kappa shape index (κ1) is 16.1. The summed E-state index contributed by atoms with van der Waals surface area (Å²) in [6.07, 6.45) is 7.17. The number of allylic oxidation sites excluding steroid dienone is 4. The smallest absolute Gasteiger partial charge is 0.336 e. The summed E-state index contributed by atoms with van der Waals surface area (Å²) in [6, 6.07) is 6.37. The molecular weight excluding hydrogens is 276 g/mol. The van der Waals surface area contributed by atoms with Crippen LogP contribution in [-0.4, -0.2) is 5.11 Å². The number of benzene rings is 1. The van der Waals surface area contributed by atoms with E-state index in [2.05, 4.69) is 32.9 Å². The van der Waals surface area contributed by atoms with Crippen molar-refractivity contribution in [2.45, 2.75) is 40.0 Å². The van der Waals surface area contributed by atoms with E-state index in [4.69, 9.17) is 4.42 Å². The lowest BCUT2D eigenvalue weighted by molar-refractivity contribution is 0.472. The SMILES string of the molecule is CC(C)=CCCC(C)=CCc1cc(O)cc2oc(=O)ccc12. The van der Waals surface area contributed by atoms with Gasteiger partial charge in [0, 0.05) is 17.5 Å². The molecule has 3 nitrogen and oxygen atoms in total. The molecular formula is C19H22O3. The molecule has 22 heavy (non-hydrogen) atoms. The van der Waals surface area contributed by atoms with Crippen LogP contribution in [0.25, 0.3) is 11.0 Å². The zero-order chi connectivity index (χ0) is 16.1. The Kier molecular flexibility index (Phi) is 5.21. The van der Waals surface area contributed by atoms with Gasteiger partial charge in [-0.3, -0.25) is 0 Å². The van der Waals surface area contributed by atoms with Gasteiger partial charge in [0.05, 0.1) is 0 Å². The predicted octanol–water partition coefficient (Wildman–Crippen LogP) is 4.73. The number of hydrogen-bond acceptors (Lipinski definition) is 3. The second-order valence-electron chi connectivity index (χ2n) is 5.85. The van der Waals surface area contributed by atoms with Gasteiger partial charge in [-0.05, 0) is 57.7 Å². The Balaban J connectivity index is 2.20. The third-order valence-electron chi connectivity index (χ3n) is 3.57. The lowest BCUT2D eigenvalue weighted by Gasteiger charge is -2.05. The van der Waals surface area contributed by atoms with Gasteiger partial charge >= 0.3 is 5.63 Å². The number of fused-ring (bicyclic) bond motifs is 1. The first-order valence-electron chi connectivity index (χ1n) is 7.50. The van der Waals surface area contributed by atoms with Crippen LogP contribution >= 0.6 is 0 Å². The summed E-state index contributed by atoms with van der Waals surface area (Å²) >= 11 is 0. The average Bonchev–Trinajstić information content (AvgIpc) is 2.43. The van der Waals surface area contributed by atoms with E-state index in [9.17, 15) is 9.90 Å². The van der Waals surface area contributed by atoms with Crippen molar-refractivity contribution in [3.63, 3.8) is 0 Å². The molecule has 2 rings (SSSR count). The summed E-state index contributed by atoms with van der Waals surface area (Å²) in [5, 5.41) is 10.6. The second kappa shape index (κ2) is 7.12. The van der Waals surface area contributed by atoms with Gasteiger partial charge in [0.25, 0.3) is 0 Å². The molecule has 2 aromatic rings. The van der Waals surface area contributed by atoms with Gasteiger partial charge in [0.1, 0.15) is 11.3 Å². The Bertz CT molecular complexity index is 775. The molecule has 1 heterocycles. The van der Waals surface area contributed by atoms with Crippen LogP contribution in [0.4, 0.5) is 0 Å². The minimum Gasteiger partial charge on any atom is -0.508 e. The van der Waals surface area contributed by atoms with Crippen molar-refractivity contribution in [1.29, 1.82) is 0 Å². The predicted molar refractivity (Wildman–Crippen MR) is 90.3 cm³/mol. The average molecular weight is 298 g/mol. The topological polar surface area (TPSA) is 50.4 Å². The van der Waals surface area contributed by atoms with Crippen LogP contribution in [0, 0.1) is 0 Å². The van der Waals surface area contributed by atoms with E-state index in [0.717, 1.165) is 23.8 Å². The lowest BCUT2D eigenvalue weighted by Crippen LogP contribution is -1.96. The van der Waals surface area contributed by atoms with Gasteiger partial charge in [-0.2, -0.15) is 0 Å². The van der Waals surface area contributed by atoms with Crippen molar-refractivity contribution >= 4 is 11.0 Å². The minimum atomic E-state index is -0.405. The summed E-state index contributed by atoms with van der Waals surface area (Å²) in [7, 11) is 0. The molecule has 0 amide bonds. The number of hydrogen-bond donors (Lipinski definition) is 1. The van der Waals surface area contributed by atoms with Crippen LogP contribution in [0.3, 0.4) is 0 Å². The molecule has 3 heteroatoms. The molecule has 0 atom stereocenters. The van der Waals surface area contributed by atoms with Gasteiger partial charge in [0.15, 0.2) is 0 Å². The van der Waals surface area contributed by atoms with Gasteiger partial charge < -0.3 is 9.52 Å². The van der Waals surface area contributed by atoms with Gasteiger partial charge in [-0.1, -0.05) is 23.3 Å². The third-order valence-corrected chi connectivity index (χ3v) is 3.57. The second-order valence-corrected chi connectivity index (χ2v) is 5.85. The monoisotopic (exact) mass is 298 g/mol. The number of phenols is 1. The number of phenolic OH excluding ortho intramolecular Hbond substituents is 1. The van der Waals surface area contributed by atoms with Crippen LogP contribution in [0.2, 0.25) is 0 Å². The van der Waals surface area contributed by atoms with E-state index in [1.54, 1.807) is 12.1 Å². The molecule has 0 aliphatic carbocycles. The molecule has 0 saturated carbocycles. The van der Waals surface area contributed by atoms with E-state index >= 15 is 0 Å². The van der Waals surface area contributed by atoms with E-state index in [-0.39, 0.29) is 5.75 Å². The Labute approximate surface area is 130 Å². The molecule has 116 valence electrons. The summed E-state index contributed by atoms with van der Waals surface area (Å²) in [5.41, 5.74) is 3.63. The van der Waals surface area contributed by atoms with E-state index < -0.39 is 5.63 Å². The van der Waals surface area contributed by atoms with Gasteiger partial charge in [-0.15, -0.1) is 0 Å². The fourth-order valence-electron chi connectivity index (χ4n) is 2.38. The van der Waals surface area contributed by atoms with Crippen LogP contribution < -0.4 is 5.63 Å². The molecule has 1 aromatic carbocycles. The highest BCUT2D eigenvalue weighted by Gasteiger charge is 2.05. The van der Waals surface area contributed by atoms with Crippen LogP contribution in [0.15, 0.2) is 56.8 Å². The molecule has 0 unspecified atom stereocenters.